The first-order chi connectivity index (χ1) is 9.15. The molecule has 0 aliphatic carbocycles. The second-order valence-corrected chi connectivity index (χ2v) is 5.54. The summed E-state index contributed by atoms with van der Waals surface area (Å²) < 4.78 is 0.993. The van der Waals surface area contributed by atoms with Gasteiger partial charge in [0.1, 0.15) is 6.04 Å². The summed E-state index contributed by atoms with van der Waals surface area (Å²) in [4.78, 5) is 22.2. The number of aromatic nitrogens is 2. The Hall–Kier alpha value is -1.69. The number of halogens is 1. The summed E-state index contributed by atoms with van der Waals surface area (Å²) in [5.41, 5.74) is 6.28. The Kier molecular flexibility index (Phi) is 3.10. The van der Waals surface area contributed by atoms with Crippen LogP contribution in [0.4, 0.5) is 5.95 Å². The fourth-order valence-electron chi connectivity index (χ4n) is 2.43. The molecule has 98 valence electrons. The van der Waals surface area contributed by atoms with Gasteiger partial charge in [-0.15, -0.1) is 0 Å². The van der Waals surface area contributed by atoms with Gasteiger partial charge in [-0.25, -0.2) is 9.97 Å². The molecule has 1 aliphatic rings. The number of carbonyl (C=O) groups is 1. The number of carbonyl (C=O) groups excluding carboxylic acids is 1. The minimum atomic E-state index is -0.308. The van der Waals surface area contributed by atoms with Gasteiger partial charge >= 0.3 is 0 Å². The molecule has 1 amide bonds. The zero-order valence-corrected chi connectivity index (χ0v) is 11.8. The molecule has 0 radical (unpaired) electrons. The largest absolute Gasteiger partial charge is 0.368 e. The van der Waals surface area contributed by atoms with Crippen molar-refractivity contribution >= 4 is 38.7 Å². The normalized spacial score (nSPS) is 19.0. The third-order valence-corrected chi connectivity index (χ3v) is 3.86. The van der Waals surface area contributed by atoms with Crippen molar-refractivity contribution in [1.29, 1.82) is 0 Å². The van der Waals surface area contributed by atoms with E-state index in [0.29, 0.717) is 5.95 Å². The highest BCUT2D eigenvalue weighted by Crippen LogP contribution is 2.24. The van der Waals surface area contributed by atoms with Gasteiger partial charge in [-0.2, -0.15) is 0 Å². The van der Waals surface area contributed by atoms with E-state index in [2.05, 4.69) is 25.9 Å². The summed E-state index contributed by atoms with van der Waals surface area (Å²) in [5.74, 6) is 0.271. The monoisotopic (exact) mass is 320 g/mol. The van der Waals surface area contributed by atoms with Gasteiger partial charge in [0, 0.05) is 22.6 Å². The summed E-state index contributed by atoms with van der Waals surface area (Å²) in [5, 5.41) is 0.966. The maximum Gasteiger partial charge on any atom is 0.240 e. The van der Waals surface area contributed by atoms with Crippen molar-refractivity contribution in [2.75, 3.05) is 11.4 Å². The van der Waals surface area contributed by atoms with Crippen LogP contribution in [0, 0.1) is 0 Å². The molecule has 5 nitrogen and oxygen atoms in total. The van der Waals surface area contributed by atoms with Crippen LogP contribution in [0.15, 0.2) is 28.9 Å². The highest BCUT2D eigenvalue weighted by molar-refractivity contribution is 9.10. The first-order valence-corrected chi connectivity index (χ1v) is 6.93. The van der Waals surface area contributed by atoms with Gasteiger partial charge in [0.05, 0.1) is 5.52 Å². The molecule has 1 atom stereocenters. The van der Waals surface area contributed by atoms with Gasteiger partial charge < -0.3 is 10.6 Å². The van der Waals surface area contributed by atoms with E-state index in [1.54, 1.807) is 6.20 Å². The Morgan fingerprint density at radius 2 is 2.32 bits per heavy atom. The predicted molar refractivity (Wildman–Crippen MR) is 76.8 cm³/mol. The average molecular weight is 321 g/mol. The van der Waals surface area contributed by atoms with E-state index >= 15 is 0 Å². The third-order valence-electron chi connectivity index (χ3n) is 3.37. The maximum absolute atomic E-state index is 11.4. The van der Waals surface area contributed by atoms with Crippen molar-refractivity contribution in [3.63, 3.8) is 0 Å². The van der Waals surface area contributed by atoms with Crippen LogP contribution >= 0.6 is 15.9 Å². The van der Waals surface area contributed by atoms with Crippen molar-refractivity contribution in [2.24, 2.45) is 5.73 Å². The van der Waals surface area contributed by atoms with Crippen molar-refractivity contribution in [3.8, 4) is 0 Å². The SMILES string of the molecule is NC(=O)C1CCCN1c1ncc2cc(Br)ccc2n1. The highest BCUT2D eigenvalue weighted by Gasteiger charge is 2.30. The van der Waals surface area contributed by atoms with Gasteiger partial charge in [0.15, 0.2) is 0 Å². The molecule has 19 heavy (non-hydrogen) atoms. The zero-order chi connectivity index (χ0) is 13.4. The molecule has 0 spiro atoms. The number of nitrogens with zero attached hydrogens (tertiary/aromatic N) is 3. The van der Waals surface area contributed by atoms with E-state index in [1.165, 1.54) is 0 Å². The number of hydrogen-bond acceptors (Lipinski definition) is 4. The van der Waals surface area contributed by atoms with Crippen LogP contribution in [0.1, 0.15) is 12.8 Å². The molecule has 3 rings (SSSR count). The van der Waals surface area contributed by atoms with Crippen LogP contribution in [0.25, 0.3) is 10.9 Å². The minimum absolute atomic E-state index is 0.284. The van der Waals surface area contributed by atoms with Crippen LogP contribution in [-0.2, 0) is 4.79 Å². The Labute approximate surface area is 119 Å². The molecule has 2 heterocycles. The summed E-state index contributed by atoms with van der Waals surface area (Å²) >= 11 is 3.42. The Balaban J connectivity index is 2.01. The molecule has 6 heteroatoms. The quantitative estimate of drug-likeness (QED) is 0.916. The molecular formula is C13H13BrN4O. The summed E-state index contributed by atoms with van der Waals surface area (Å²) in [6, 6.07) is 5.55. The lowest BCUT2D eigenvalue weighted by molar-refractivity contribution is -0.119. The Morgan fingerprint density at radius 1 is 1.47 bits per heavy atom. The van der Waals surface area contributed by atoms with Gasteiger partial charge in [-0.1, -0.05) is 15.9 Å². The maximum atomic E-state index is 11.4. The van der Waals surface area contributed by atoms with Crippen molar-refractivity contribution in [3.05, 3.63) is 28.9 Å². The lowest BCUT2D eigenvalue weighted by atomic mass is 10.2. The topological polar surface area (TPSA) is 72.1 Å². The zero-order valence-electron chi connectivity index (χ0n) is 10.2. The van der Waals surface area contributed by atoms with E-state index in [4.69, 9.17) is 5.73 Å². The second-order valence-electron chi connectivity index (χ2n) is 4.63. The predicted octanol–water partition coefficient (Wildman–Crippen LogP) is 1.85. The van der Waals surface area contributed by atoms with E-state index < -0.39 is 0 Å². The standard InChI is InChI=1S/C13H13BrN4O/c14-9-3-4-10-8(6-9)7-16-13(17-10)18-5-1-2-11(18)12(15)19/h3-4,6-7,11H,1-2,5H2,(H2,15,19). The number of anilines is 1. The molecule has 1 aromatic carbocycles. The van der Waals surface area contributed by atoms with E-state index in [1.807, 2.05) is 23.1 Å². The first kappa shape index (κ1) is 12.3. The number of benzene rings is 1. The van der Waals surface area contributed by atoms with Crippen molar-refractivity contribution in [1.82, 2.24) is 9.97 Å². The Bertz CT molecular complexity index is 646. The van der Waals surface area contributed by atoms with Crippen molar-refractivity contribution in [2.45, 2.75) is 18.9 Å². The molecule has 1 aliphatic heterocycles. The van der Waals surface area contributed by atoms with Crippen LogP contribution in [0.5, 0.6) is 0 Å². The van der Waals surface area contributed by atoms with Crippen LogP contribution in [0.2, 0.25) is 0 Å². The lowest BCUT2D eigenvalue weighted by Gasteiger charge is -2.22. The molecule has 0 saturated carbocycles. The molecule has 1 aromatic heterocycles. The van der Waals surface area contributed by atoms with E-state index in [9.17, 15) is 4.79 Å². The molecule has 2 aromatic rings. The van der Waals surface area contributed by atoms with Crippen LogP contribution in [-0.4, -0.2) is 28.5 Å². The van der Waals surface area contributed by atoms with Crippen LogP contribution < -0.4 is 10.6 Å². The molecule has 1 fully saturated rings. The van der Waals surface area contributed by atoms with Crippen LogP contribution in [0.3, 0.4) is 0 Å². The summed E-state index contributed by atoms with van der Waals surface area (Å²) in [7, 11) is 0. The number of nitrogens with two attached hydrogens (primary N) is 1. The number of rotatable bonds is 2. The molecule has 2 N–H and O–H groups in total. The van der Waals surface area contributed by atoms with Gasteiger partial charge in [-0.3, -0.25) is 4.79 Å². The number of hydrogen-bond donors (Lipinski definition) is 1. The minimum Gasteiger partial charge on any atom is -0.368 e. The number of primary amides is 1. The second kappa shape index (κ2) is 4.77. The summed E-state index contributed by atoms with van der Waals surface area (Å²) in [6.45, 7) is 0.773. The van der Waals surface area contributed by atoms with E-state index in [0.717, 1.165) is 34.8 Å². The molecule has 1 unspecified atom stereocenters. The third kappa shape index (κ3) is 2.28. The number of fused-ring (bicyclic) bond motifs is 1. The van der Waals surface area contributed by atoms with Crippen molar-refractivity contribution < 1.29 is 4.79 Å². The highest BCUT2D eigenvalue weighted by atomic mass is 79.9. The molecular weight excluding hydrogens is 308 g/mol. The molecule has 0 bridgehead atoms. The van der Waals surface area contributed by atoms with Gasteiger partial charge in [0.2, 0.25) is 11.9 Å². The van der Waals surface area contributed by atoms with Gasteiger partial charge in [0.25, 0.3) is 0 Å². The Morgan fingerprint density at radius 3 is 3.11 bits per heavy atom. The number of amides is 1. The fourth-order valence-corrected chi connectivity index (χ4v) is 2.81. The van der Waals surface area contributed by atoms with Gasteiger partial charge in [-0.05, 0) is 31.0 Å². The smallest absolute Gasteiger partial charge is 0.240 e. The van der Waals surface area contributed by atoms with E-state index in [-0.39, 0.29) is 11.9 Å². The first-order valence-electron chi connectivity index (χ1n) is 6.13. The summed E-state index contributed by atoms with van der Waals surface area (Å²) in [6.07, 6.45) is 3.49. The lowest BCUT2D eigenvalue weighted by Crippen LogP contribution is -2.41. The average Bonchev–Trinajstić information content (AvgIpc) is 2.87. The fraction of sp³-hybridized carbons (Fsp3) is 0.308. The molecule has 1 saturated heterocycles.